The standard InChI is InChI=1S/C13H8FNS3/c14-9-1-2-11-10(6-9)12(18-13(16)15-11)5-8-3-4-17-7-8/h1-7H,(H,15,16)/b12-5-. The molecule has 18 heavy (non-hydrogen) atoms. The molecule has 0 saturated heterocycles. The van der Waals surface area contributed by atoms with Crippen LogP contribution < -0.4 is 5.32 Å². The largest absolute Gasteiger partial charge is 0.340 e. The summed E-state index contributed by atoms with van der Waals surface area (Å²) in [6, 6.07) is 6.72. The summed E-state index contributed by atoms with van der Waals surface area (Å²) in [5, 5.41) is 7.16. The fourth-order valence-corrected chi connectivity index (χ4v) is 3.57. The van der Waals surface area contributed by atoms with Gasteiger partial charge in [-0.3, -0.25) is 0 Å². The minimum Gasteiger partial charge on any atom is -0.340 e. The molecule has 1 aromatic heterocycles. The van der Waals surface area contributed by atoms with Crippen molar-refractivity contribution in [3.05, 3.63) is 52.0 Å². The number of rotatable bonds is 1. The molecule has 0 amide bonds. The molecule has 1 aliphatic rings. The number of thiocarbonyl (C=S) groups is 1. The Labute approximate surface area is 118 Å². The van der Waals surface area contributed by atoms with Crippen LogP contribution in [0.15, 0.2) is 35.0 Å². The van der Waals surface area contributed by atoms with Gasteiger partial charge in [0.15, 0.2) is 0 Å². The molecule has 5 heteroatoms. The maximum Gasteiger partial charge on any atom is 0.143 e. The van der Waals surface area contributed by atoms with E-state index in [-0.39, 0.29) is 5.82 Å². The monoisotopic (exact) mass is 293 g/mol. The maximum atomic E-state index is 13.3. The highest BCUT2D eigenvalue weighted by Gasteiger charge is 2.18. The summed E-state index contributed by atoms with van der Waals surface area (Å²) in [7, 11) is 0. The van der Waals surface area contributed by atoms with Gasteiger partial charge in [-0.15, -0.1) is 0 Å². The SMILES string of the molecule is Fc1ccc2c(c1)/C(=C/c1ccsc1)SC(=S)N2. The van der Waals surface area contributed by atoms with Crippen molar-refractivity contribution in [2.75, 3.05) is 5.32 Å². The predicted octanol–water partition coefficient (Wildman–Crippen LogP) is 4.83. The number of fused-ring (bicyclic) bond motifs is 1. The number of hydrogen-bond acceptors (Lipinski definition) is 3. The molecule has 0 aliphatic carbocycles. The van der Waals surface area contributed by atoms with Crippen molar-refractivity contribution in [2.24, 2.45) is 0 Å². The van der Waals surface area contributed by atoms with Gasteiger partial charge in [0, 0.05) is 16.2 Å². The van der Waals surface area contributed by atoms with Crippen LogP contribution in [0.4, 0.5) is 10.1 Å². The van der Waals surface area contributed by atoms with Gasteiger partial charge in [0.2, 0.25) is 0 Å². The molecule has 2 heterocycles. The third-order valence-corrected chi connectivity index (χ3v) is 4.43. The van der Waals surface area contributed by atoms with Gasteiger partial charge in [0.1, 0.15) is 10.1 Å². The van der Waals surface area contributed by atoms with E-state index in [1.165, 1.54) is 23.9 Å². The molecule has 0 fully saturated rings. The average molecular weight is 293 g/mol. The molecule has 0 radical (unpaired) electrons. The first-order valence-electron chi connectivity index (χ1n) is 5.25. The highest BCUT2D eigenvalue weighted by molar-refractivity contribution is 8.29. The topological polar surface area (TPSA) is 12.0 Å². The Kier molecular flexibility index (Phi) is 3.20. The first kappa shape index (κ1) is 11.9. The molecule has 1 aromatic carbocycles. The lowest BCUT2D eigenvalue weighted by molar-refractivity contribution is 0.627. The number of nitrogens with one attached hydrogen (secondary N) is 1. The molecule has 0 unspecified atom stereocenters. The Balaban J connectivity index is 2.12. The number of thiophene rings is 1. The summed E-state index contributed by atoms with van der Waals surface area (Å²) < 4.78 is 14.0. The van der Waals surface area contributed by atoms with Crippen molar-refractivity contribution < 1.29 is 4.39 Å². The minimum atomic E-state index is -0.236. The molecule has 0 bridgehead atoms. The average Bonchev–Trinajstić information content (AvgIpc) is 2.83. The Morgan fingerprint density at radius 2 is 2.17 bits per heavy atom. The number of thioether (sulfide) groups is 1. The highest BCUT2D eigenvalue weighted by Crippen LogP contribution is 2.40. The van der Waals surface area contributed by atoms with Gasteiger partial charge in [0.05, 0.1) is 0 Å². The molecule has 1 aliphatic heterocycles. The van der Waals surface area contributed by atoms with Gasteiger partial charge in [-0.25, -0.2) is 4.39 Å². The van der Waals surface area contributed by atoms with E-state index >= 15 is 0 Å². The molecule has 90 valence electrons. The molecule has 3 rings (SSSR count). The summed E-state index contributed by atoms with van der Waals surface area (Å²) in [4.78, 5) is 0.978. The van der Waals surface area contributed by atoms with E-state index in [1.807, 2.05) is 17.5 Å². The molecule has 1 nitrogen and oxygen atoms in total. The normalized spacial score (nSPS) is 16.5. The van der Waals surface area contributed by atoms with E-state index in [9.17, 15) is 4.39 Å². The quantitative estimate of drug-likeness (QED) is 0.756. The number of benzene rings is 1. The molecule has 1 N–H and O–H groups in total. The summed E-state index contributed by atoms with van der Waals surface area (Å²) in [5.41, 5.74) is 2.84. The molecule has 2 aromatic rings. The van der Waals surface area contributed by atoms with E-state index in [1.54, 1.807) is 17.4 Å². The van der Waals surface area contributed by atoms with Crippen molar-refractivity contribution in [3.8, 4) is 0 Å². The molecular formula is C13H8FNS3. The Morgan fingerprint density at radius 1 is 1.28 bits per heavy atom. The van der Waals surface area contributed by atoms with E-state index in [0.29, 0.717) is 4.32 Å². The minimum absolute atomic E-state index is 0.236. The summed E-state index contributed by atoms with van der Waals surface area (Å²) >= 11 is 8.30. The van der Waals surface area contributed by atoms with Crippen LogP contribution in [0.5, 0.6) is 0 Å². The van der Waals surface area contributed by atoms with Crippen molar-refractivity contribution >= 4 is 56.3 Å². The van der Waals surface area contributed by atoms with Crippen LogP contribution in [0.3, 0.4) is 0 Å². The second-order valence-electron chi connectivity index (χ2n) is 3.77. The van der Waals surface area contributed by atoms with Crippen LogP contribution in [0.1, 0.15) is 11.1 Å². The van der Waals surface area contributed by atoms with E-state index < -0.39 is 0 Å². The third kappa shape index (κ3) is 2.34. The highest BCUT2D eigenvalue weighted by atomic mass is 32.2. The molecule has 0 spiro atoms. The first-order valence-corrected chi connectivity index (χ1v) is 7.42. The van der Waals surface area contributed by atoms with Crippen LogP contribution in [0.2, 0.25) is 0 Å². The number of halogens is 1. The molecular weight excluding hydrogens is 285 g/mol. The predicted molar refractivity (Wildman–Crippen MR) is 82.4 cm³/mol. The molecule has 0 atom stereocenters. The van der Waals surface area contributed by atoms with Gasteiger partial charge in [-0.2, -0.15) is 11.3 Å². The van der Waals surface area contributed by atoms with Crippen molar-refractivity contribution in [3.63, 3.8) is 0 Å². The second-order valence-corrected chi connectivity index (χ2v) is 6.27. The van der Waals surface area contributed by atoms with Gasteiger partial charge < -0.3 is 5.32 Å². The molecule has 0 saturated carbocycles. The van der Waals surface area contributed by atoms with E-state index in [4.69, 9.17) is 12.2 Å². The van der Waals surface area contributed by atoms with Crippen molar-refractivity contribution in [2.45, 2.75) is 0 Å². The first-order chi connectivity index (χ1) is 8.72. The van der Waals surface area contributed by atoms with Gasteiger partial charge in [0.25, 0.3) is 0 Å². The fraction of sp³-hybridized carbons (Fsp3) is 0. The lowest BCUT2D eigenvalue weighted by Crippen LogP contribution is -2.11. The van der Waals surface area contributed by atoms with E-state index in [2.05, 4.69) is 10.7 Å². The van der Waals surface area contributed by atoms with Gasteiger partial charge in [-0.1, -0.05) is 24.0 Å². The van der Waals surface area contributed by atoms with Crippen LogP contribution >= 0.6 is 35.3 Å². The zero-order valence-corrected chi connectivity index (χ0v) is 11.6. The Bertz CT molecular complexity index is 632. The zero-order chi connectivity index (χ0) is 12.5. The zero-order valence-electron chi connectivity index (χ0n) is 9.14. The third-order valence-electron chi connectivity index (χ3n) is 2.53. The maximum absolute atomic E-state index is 13.3. The van der Waals surface area contributed by atoms with Crippen LogP contribution in [-0.2, 0) is 0 Å². The summed E-state index contributed by atoms with van der Waals surface area (Å²) in [5.74, 6) is -0.236. The van der Waals surface area contributed by atoms with Gasteiger partial charge >= 0.3 is 0 Å². The lowest BCUT2D eigenvalue weighted by atomic mass is 10.1. The van der Waals surface area contributed by atoms with Crippen LogP contribution in [-0.4, -0.2) is 4.32 Å². The second kappa shape index (κ2) is 4.84. The number of hydrogen-bond donors (Lipinski definition) is 1. The van der Waals surface area contributed by atoms with Crippen LogP contribution in [0, 0.1) is 5.82 Å². The smallest absolute Gasteiger partial charge is 0.143 e. The van der Waals surface area contributed by atoms with Crippen molar-refractivity contribution in [1.29, 1.82) is 0 Å². The summed E-state index contributed by atoms with van der Waals surface area (Å²) in [6.45, 7) is 0. The Morgan fingerprint density at radius 3 is 2.94 bits per heavy atom. The van der Waals surface area contributed by atoms with Crippen molar-refractivity contribution in [1.82, 2.24) is 0 Å². The fourth-order valence-electron chi connectivity index (χ4n) is 1.74. The van der Waals surface area contributed by atoms with E-state index in [0.717, 1.165) is 21.7 Å². The number of anilines is 1. The van der Waals surface area contributed by atoms with Gasteiger partial charge in [-0.05, 0) is 46.7 Å². The summed E-state index contributed by atoms with van der Waals surface area (Å²) in [6.07, 6.45) is 2.03. The lowest BCUT2D eigenvalue weighted by Gasteiger charge is -2.20. The van der Waals surface area contributed by atoms with Crippen LogP contribution in [0.25, 0.3) is 11.0 Å². The Hall–Kier alpha value is -1.17.